The number of carbonyl (C=O) groups is 1. The van der Waals surface area contributed by atoms with Gasteiger partial charge in [0.05, 0.1) is 16.5 Å². The zero-order valence-electron chi connectivity index (χ0n) is 7.99. The monoisotopic (exact) mass is 228 g/mol. The summed E-state index contributed by atoms with van der Waals surface area (Å²) in [6, 6.07) is 3.79. The Morgan fingerprint density at radius 3 is 2.80 bits per heavy atom. The molecule has 0 aliphatic heterocycles. The van der Waals surface area contributed by atoms with E-state index < -0.39 is 4.92 Å². The molecule has 0 unspecified atom stereocenters. The van der Waals surface area contributed by atoms with Crippen molar-refractivity contribution in [2.45, 2.75) is 0 Å². The Hall–Kier alpha value is -1.46. The van der Waals surface area contributed by atoms with Gasteiger partial charge in [-0.05, 0) is 13.1 Å². The van der Waals surface area contributed by atoms with E-state index in [1.54, 1.807) is 7.05 Å². The molecule has 0 fully saturated rings. The van der Waals surface area contributed by atoms with Crippen LogP contribution in [0.15, 0.2) is 18.2 Å². The molecule has 1 N–H and O–H groups in total. The van der Waals surface area contributed by atoms with Crippen LogP contribution in [0.4, 0.5) is 5.69 Å². The number of likely N-dealkylation sites (N-methyl/N-ethyl adjacent to an activating group) is 1. The van der Waals surface area contributed by atoms with Crippen LogP contribution in [0, 0.1) is 10.1 Å². The fourth-order valence-electron chi connectivity index (χ4n) is 1.10. The summed E-state index contributed by atoms with van der Waals surface area (Å²) in [4.78, 5) is 21.4. The Bertz CT molecular complexity index is 406. The predicted molar refractivity (Wildman–Crippen MR) is 56.4 cm³/mol. The number of nitro benzene ring substituents is 1. The van der Waals surface area contributed by atoms with Crippen LogP contribution >= 0.6 is 11.6 Å². The Morgan fingerprint density at radius 1 is 1.60 bits per heavy atom. The van der Waals surface area contributed by atoms with E-state index in [9.17, 15) is 14.9 Å². The number of benzene rings is 1. The topological polar surface area (TPSA) is 72.2 Å². The van der Waals surface area contributed by atoms with Crippen LogP contribution in [0.25, 0.3) is 0 Å². The van der Waals surface area contributed by atoms with Gasteiger partial charge >= 0.3 is 0 Å². The van der Waals surface area contributed by atoms with Crippen molar-refractivity contribution < 1.29 is 9.72 Å². The van der Waals surface area contributed by atoms with Crippen LogP contribution in [-0.2, 0) is 0 Å². The van der Waals surface area contributed by atoms with Gasteiger partial charge < -0.3 is 5.32 Å². The van der Waals surface area contributed by atoms with Crippen LogP contribution in [-0.4, -0.2) is 24.3 Å². The highest BCUT2D eigenvalue weighted by Crippen LogP contribution is 2.22. The van der Waals surface area contributed by atoms with Crippen LogP contribution in [0.1, 0.15) is 10.4 Å². The lowest BCUT2D eigenvalue weighted by atomic mass is 10.1. The minimum atomic E-state index is -0.563. The van der Waals surface area contributed by atoms with E-state index in [-0.39, 0.29) is 28.6 Å². The minimum Gasteiger partial charge on any atom is -0.313 e. The summed E-state index contributed by atoms with van der Waals surface area (Å²) in [7, 11) is 1.61. The molecular formula is C9H9ClN2O3. The largest absolute Gasteiger partial charge is 0.313 e. The lowest BCUT2D eigenvalue weighted by molar-refractivity contribution is -0.384. The second-order valence-electron chi connectivity index (χ2n) is 2.87. The molecule has 1 aromatic carbocycles. The number of Topliss-reactive ketones (excluding diaryl/α,β-unsaturated/α-hetero) is 1. The van der Waals surface area contributed by atoms with Gasteiger partial charge in [0.15, 0.2) is 5.78 Å². The number of carbonyl (C=O) groups excluding carboxylic acids is 1. The third-order valence-electron chi connectivity index (χ3n) is 1.80. The molecule has 0 aromatic heterocycles. The average molecular weight is 229 g/mol. The first kappa shape index (κ1) is 11.6. The molecule has 0 spiro atoms. The summed E-state index contributed by atoms with van der Waals surface area (Å²) < 4.78 is 0. The summed E-state index contributed by atoms with van der Waals surface area (Å²) in [6.07, 6.45) is 0. The highest BCUT2D eigenvalue weighted by atomic mass is 35.5. The van der Waals surface area contributed by atoms with Crippen molar-refractivity contribution in [3.05, 3.63) is 38.9 Å². The molecule has 0 saturated heterocycles. The number of ketones is 1. The number of rotatable bonds is 4. The van der Waals surface area contributed by atoms with E-state index in [1.807, 2.05) is 0 Å². The Morgan fingerprint density at radius 2 is 2.27 bits per heavy atom. The number of hydrogen-bond donors (Lipinski definition) is 1. The standard InChI is InChI=1S/C9H9ClN2O3/c1-11-5-9(13)7-4-6(12(14)15)2-3-8(7)10/h2-4,11H,5H2,1H3. The van der Waals surface area contributed by atoms with Crippen molar-refractivity contribution in [2.24, 2.45) is 0 Å². The van der Waals surface area contributed by atoms with Crippen LogP contribution < -0.4 is 5.32 Å². The Kier molecular flexibility index (Phi) is 3.76. The second kappa shape index (κ2) is 4.86. The van der Waals surface area contributed by atoms with Gasteiger partial charge in [-0.2, -0.15) is 0 Å². The van der Waals surface area contributed by atoms with E-state index in [2.05, 4.69) is 5.32 Å². The van der Waals surface area contributed by atoms with Crippen molar-refractivity contribution in [3.63, 3.8) is 0 Å². The highest BCUT2D eigenvalue weighted by molar-refractivity contribution is 6.34. The number of non-ortho nitro benzene ring substituents is 1. The van der Waals surface area contributed by atoms with Crippen molar-refractivity contribution >= 4 is 23.1 Å². The maximum Gasteiger partial charge on any atom is 0.270 e. The first-order chi connectivity index (χ1) is 7.06. The summed E-state index contributed by atoms with van der Waals surface area (Å²) in [5.74, 6) is -0.272. The zero-order valence-corrected chi connectivity index (χ0v) is 8.75. The summed E-state index contributed by atoms with van der Waals surface area (Å²) in [5, 5.41) is 13.4. The first-order valence-corrected chi connectivity index (χ1v) is 4.55. The highest BCUT2D eigenvalue weighted by Gasteiger charge is 2.14. The average Bonchev–Trinajstić information content (AvgIpc) is 2.18. The molecule has 15 heavy (non-hydrogen) atoms. The van der Waals surface area contributed by atoms with Crippen molar-refractivity contribution in [2.75, 3.05) is 13.6 Å². The predicted octanol–water partition coefficient (Wildman–Crippen LogP) is 1.65. The molecule has 0 saturated carbocycles. The second-order valence-corrected chi connectivity index (χ2v) is 3.28. The lowest BCUT2D eigenvalue weighted by Gasteiger charge is -2.02. The van der Waals surface area contributed by atoms with Crippen molar-refractivity contribution in [1.29, 1.82) is 0 Å². The molecule has 0 heterocycles. The number of halogens is 1. The quantitative estimate of drug-likeness (QED) is 0.483. The number of nitro groups is 1. The molecule has 6 heteroatoms. The molecular weight excluding hydrogens is 220 g/mol. The van der Waals surface area contributed by atoms with Gasteiger partial charge in [0.2, 0.25) is 0 Å². The van der Waals surface area contributed by atoms with Crippen LogP contribution in [0.2, 0.25) is 5.02 Å². The van der Waals surface area contributed by atoms with E-state index in [1.165, 1.54) is 18.2 Å². The SMILES string of the molecule is CNCC(=O)c1cc([N+](=O)[O-])ccc1Cl. The minimum absolute atomic E-state index is 0.0981. The molecule has 1 aromatic rings. The fourth-order valence-corrected chi connectivity index (χ4v) is 1.32. The van der Waals surface area contributed by atoms with Gasteiger partial charge in [-0.15, -0.1) is 0 Å². The number of nitrogens with zero attached hydrogens (tertiary/aromatic N) is 1. The number of hydrogen-bond acceptors (Lipinski definition) is 4. The van der Waals surface area contributed by atoms with Crippen molar-refractivity contribution in [1.82, 2.24) is 5.32 Å². The van der Waals surface area contributed by atoms with Gasteiger partial charge in [-0.1, -0.05) is 11.6 Å². The summed E-state index contributed by atoms with van der Waals surface area (Å²) in [5.41, 5.74) is 0.0269. The van der Waals surface area contributed by atoms with Gasteiger partial charge in [0.25, 0.3) is 5.69 Å². The van der Waals surface area contributed by atoms with Gasteiger partial charge in [-0.3, -0.25) is 14.9 Å². The maximum absolute atomic E-state index is 11.5. The van der Waals surface area contributed by atoms with E-state index in [0.29, 0.717) is 0 Å². The third kappa shape index (κ3) is 2.74. The van der Waals surface area contributed by atoms with Gasteiger partial charge in [-0.25, -0.2) is 0 Å². The van der Waals surface area contributed by atoms with Crippen molar-refractivity contribution in [3.8, 4) is 0 Å². The molecule has 80 valence electrons. The van der Waals surface area contributed by atoms with Crippen LogP contribution in [0.5, 0.6) is 0 Å². The molecule has 0 aliphatic rings. The third-order valence-corrected chi connectivity index (χ3v) is 2.13. The fraction of sp³-hybridized carbons (Fsp3) is 0.222. The van der Waals surface area contributed by atoms with E-state index >= 15 is 0 Å². The van der Waals surface area contributed by atoms with Gasteiger partial charge in [0, 0.05) is 17.7 Å². The van der Waals surface area contributed by atoms with E-state index in [4.69, 9.17) is 11.6 Å². The maximum atomic E-state index is 11.5. The molecule has 0 amide bonds. The molecule has 0 atom stereocenters. The van der Waals surface area contributed by atoms with Crippen LogP contribution in [0.3, 0.4) is 0 Å². The van der Waals surface area contributed by atoms with E-state index in [0.717, 1.165) is 0 Å². The molecule has 1 rings (SSSR count). The summed E-state index contributed by atoms with van der Waals surface area (Å²) >= 11 is 5.76. The number of nitrogens with one attached hydrogen (secondary N) is 1. The molecule has 0 bridgehead atoms. The smallest absolute Gasteiger partial charge is 0.270 e. The molecule has 0 radical (unpaired) electrons. The molecule has 0 aliphatic carbocycles. The van der Waals surface area contributed by atoms with Gasteiger partial charge in [0.1, 0.15) is 0 Å². The lowest BCUT2D eigenvalue weighted by Crippen LogP contribution is -2.18. The normalized spacial score (nSPS) is 10.0. The Labute approximate surface area is 91.2 Å². The molecule has 5 nitrogen and oxygen atoms in total. The Balaban J connectivity index is 3.10. The first-order valence-electron chi connectivity index (χ1n) is 4.18. The zero-order chi connectivity index (χ0) is 11.4. The summed E-state index contributed by atoms with van der Waals surface area (Å²) in [6.45, 7) is 0.0981.